The Labute approximate surface area is 173 Å². The smallest absolute Gasteiger partial charge is 0.344 e. The second-order valence-corrected chi connectivity index (χ2v) is 7.24. The number of hydrogen-bond acceptors (Lipinski definition) is 3. The van der Waals surface area contributed by atoms with Crippen LogP contribution in [0.25, 0.3) is 0 Å². The molecule has 1 aliphatic rings. The van der Waals surface area contributed by atoms with Crippen molar-refractivity contribution in [2.24, 2.45) is 5.92 Å². The van der Waals surface area contributed by atoms with Crippen LogP contribution in [0.1, 0.15) is 28.4 Å². The second kappa shape index (κ2) is 7.86. The minimum atomic E-state index is -4.65. The first-order chi connectivity index (χ1) is 14.3. The van der Waals surface area contributed by atoms with Crippen LogP contribution in [0, 0.1) is 12.8 Å². The highest BCUT2D eigenvalue weighted by atomic mass is 19.4. The van der Waals surface area contributed by atoms with E-state index >= 15 is 0 Å². The Balaban J connectivity index is 1.85. The maximum atomic E-state index is 12.8. The van der Waals surface area contributed by atoms with Crippen LogP contribution in [0.2, 0.25) is 0 Å². The van der Waals surface area contributed by atoms with Gasteiger partial charge in [0.25, 0.3) is 0 Å². The number of benzene rings is 1. The standard InChI is InChI=1S/C20H17F6N3O2/c1-10-14(7-8-15(27-10)20(24,25)26)28-17(30)16-13(9-29(2)18(16)31)11-3-5-12(6-4-11)19(21,22)23/h3-8,13,16H,9H2,1-2H3,(H,28,30)/t13-,16+/m0/s1. The number of nitrogens with one attached hydrogen (secondary N) is 1. The van der Waals surface area contributed by atoms with Crippen LogP contribution in [0.3, 0.4) is 0 Å². The molecule has 31 heavy (non-hydrogen) atoms. The van der Waals surface area contributed by atoms with Gasteiger partial charge in [-0.25, -0.2) is 4.98 Å². The molecule has 0 unspecified atom stereocenters. The highest BCUT2D eigenvalue weighted by Gasteiger charge is 2.44. The minimum Gasteiger partial charge on any atom is -0.344 e. The fraction of sp³-hybridized carbons (Fsp3) is 0.350. The van der Waals surface area contributed by atoms with Gasteiger partial charge in [0.2, 0.25) is 11.8 Å². The Morgan fingerprint density at radius 2 is 1.65 bits per heavy atom. The van der Waals surface area contributed by atoms with Gasteiger partial charge >= 0.3 is 12.4 Å². The summed E-state index contributed by atoms with van der Waals surface area (Å²) in [7, 11) is 1.46. The van der Waals surface area contributed by atoms with E-state index in [4.69, 9.17) is 0 Å². The first-order valence-electron chi connectivity index (χ1n) is 9.07. The van der Waals surface area contributed by atoms with Gasteiger partial charge in [-0.15, -0.1) is 0 Å². The molecule has 1 fully saturated rings. The van der Waals surface area contributed by atoms with Crippen molar-refractivity contribution in [1.29, 1.82) is 0 Å². The molecule has 2 amide bonds. The molecule has 1 N–H and O–H groups in total. The zero-order valence-corrected chi connectivity index (χ0v) is 16.3. The third-order valence-electron chi connectivity index (χ3n) is 5.10. The summed E-state index contributed by atoms with van der Waals surface area (Å²) in [6.07, 6.45) is -9.17. The van der Waals surface area contributed by atoms with Crippen LogP contribution in [0.15, 0.2) is 36.4 Å². The molecular formula is C20H17F6N3O2. The molecule has 2 aromatic rings. The van der Waals surface area contributed by atoms with E-state index in [9.17, 15) is 35.9 Å². The van der Waals surface area contributed by atoms with Crippen LogP contribution in [-0.4, -0.2) is 35.3 Å². The Morgan fingerprint density at radius 3 is 2.16 bits per heavy atom. The number of likely N-dealkylation sites (tertiary alicyclic amines) is 1. The number of nitrogens with zero attached hydrogens (tertiary/aromatic N) is 2. The number of halogens is 6. The van der Waals surface area contributed by atoms with Gasteiger partial charge in [-0.05, 0) is 36.8 Å². The summed E-state index contributed by atoms with van der Waals surface area (Å²) < 4.78 is 76.7. The topological polar surface area (TPSA) is 62.3 Å². The molecule has 0 saturated carbocycles. The SMILES string of the molecule is Cc1nc(C(F)(F)F)ccc1NC(=O)[C@@H]1C(=O)N(C)C[C@H]1c1ccc(C(F)(F)F)cc1. The number of amides is 2. The van der Waals surface area contributed by atoms with E-state index in [2.05, 4.69) is 10.3 Å². The Morgan fingerprint density at radius 1 is 1.03 bits per heavy atom. The summed E-state index contributed by atoms with van der Waals surface area (Å²) >= 11 is 0. The van der Waals surface area contributed by atoms with Crippen LogP contribution in [-0.2, 0) is 21.9 Å². The van der Waals surface area contributed by atoms with Crippen LogP contribution >= 0.6 is 0 Å². The van der Waals surface area contributed by atoms with Crippen molar-refractivity contribution in [1.82, 2.24) is 9.88 Å². The number of carbonyl (C=O) groups excluding carboxylic acids is 2. The number of aryl methyl sites for hydroxylation is 1. The molecule has 1 saturated heterocycles. The molecule has 2 heterocycles. The van der Waals surface area contributed by atoms with Crippen molar-refractivity contribution in [3.63, 3.8) is 0 Å². The molecule has 11 heteroatoms. The molecule has 1 aromatic heterocycles. The fourth-order valence-corrected chi connectivity index (χ4v) is 3.47. The third kappa shape index (κ3) is 4.64. The number of hydrogen-bond donors (Lipinski definition) is 1. The van der Waals surface area contributed by atoms with Gasteiger partial charge in [-0.3, -0.25) is 9.59 Å². The van der Waals surface area contributed by atoms with Crippen LogP contribution < -0.4 is 5.32 Å². The quantitative estimate of drug-likeness (QED) is 0.568. The molecule has 3 rings (SSSR count). The summed E-state index contributed by atoms with van der Waals surface area (Å²) in [5, 5.41) is 2.42. The lowest BCUT2D eigenvalue weighted by Gasteiger charge is -2.18. The predicted octanol–water partition coefficient (Wildman–Crippen LogP) is 4.24. The number of anilines is 1. The number of likely N-dealkylation sites (N-methyl/N-ethyl adjacent to an activating group) is 1. The maximum Gasteiger partial charge on any atom is 0.433 e. The number of rotatable bonds is 3. The van der Waals surface area contributed by atoms with E-state index in [1.165, 1.54) is 31.0 Å². The molecule has 0 spiro atoms. The second-order valence-electron chi connectivity index (χ2n) is 7.24. The minimum absolute atomic E-state index is 0.00604. The fourth-order valence-electron chi connectivity index (χ4n) is 3.47. The summed E-state index contributed by atoms with van der Waals surface area (Å²) in [6.45, 7) is 1.38. The highest BCUT2D eigenvalue weighted by molar-refractivity contribution is 6.08. The van der Waals surface area contributed by atoms with Crippen molar-refractivity contribution in [2.45, 2.75) is 25.2 Å². The van der Waals surface area contributed by atoms with Crippen molar-refractivity contribution in [3.05, 3.63) is 58.9 Å². The largest absolute Gasteiger partial charge is 0.433 e. The molecule has 2 atom stereocenters. The predicted molar refractivity (Wildman–Crippen MR) is 97.9 cm³/mol. The summed E-state index contributed by atoms with van der Waals surface area (Å²) in [6, 6.07) is 5.92. The zero-order chi connectivity index (χ0) is 23.1. The summed E-state index contributed by atoms with van der Waals surface area (Å²) in [5.41, 5.74) is -1.70. The van der Waals surface area contributed by atoms with Crippen molar-refractivity contribution in [3.8, 4) is 0 Å². The molecule has 0 aliphatic carbocycles. The average Bonchev–Trinajstić information content (AvgIpc) is 2.97. The normalized spacial score (nSPS) is 19.6. The van der Waals surface area contributed by atoms with E-state index in [1.54, 1.807) is 0 Å². The van der Waals surface area contributed by atoms with E-state index in [0.29, 0.717) is 11.6 Å². The first-order valence-corrected chi connectivity index (χ1v) is 9.07. The lowest BCUT2D eigenvalue weighted by atomic mass is 9.87. The van der Waals surface area contributed by atoms with Gasteiger partial charge in [0.05, 0.1) is 16.9 Å². The van der Waals surface area contributed by atoms with Gasteiger partial charge in [-0.1, -0.05) is 12.1 Å². The first kappa shape index (κ1) is 22.6. The van der Waals surface area contributed by atoms with Crippen LogP contribution in [0.5, 0.6) is 0 Å². The van der Waals surface area contributed by atoms with E-state index in [0.717, 1.165) is 18.2 Å². The van der Waals surface area contributed by atoms with Crippen LogP contribution in [0.4, 0.5) is 32.0 Å². The molecule has 5 nitrogen and oxygen atoms in total. The maximum absolute atomic E-state index is 12.8. The highest BCUT2D eigenvalue weighted by Crippen LogP contribution is 2.36. The lowest BCUT2D eigenvalue weighted by Crippen LogP contribution is -2.33. The van der Waals surface area contributed by atoms with Gasteiger partial charge in [0.15, 0.2) is 0 Å². The monoisotopic (exact) mass is 445 g/mol. The lowest BCUT2D eigenvalue weighted by molar-refractivity contribution is -0.141. The third-order valence-corrected chi connectivity index (χ3v) is 5.10. The molecule has 0 radical (unpaired) electrons. The van der Waals surface area contributed by atoms with Gasteiger partial charge in [0.1, 0.15) is 11.6 Å². The number of alkyl halides is 6. The van der Waals surface area contributed by atoms with Crippen molar-refractivity contribution < 1.29 is 35.9 Å². The van der Waals surface area contributed by atoms with Gasteiger partial charge < -0.3 is 10.2 Å². The van der Waals surface area contributed by atoms with E-state index in [-0.39, 0.29) is 17.9 Å². The Kier molecular flexibility index (Phi) is 5.72. The molecular weight excluding hydrogens is 428 g/mol. The molecule has 166 valence electrons. The van der Waals surface area contributed by atoms with Crippen molar-refractivity contribution >= 4 is 17.5 Å². The molecule has 0 bridgehead atoms. The number of aromatic nitrogens is 1. The van der Waals surface area contributed by atoms with Gasteiger partial charge in [0, 0.05) is 19.5 Å². The van der Waals surface area contributed by atoms with E-state index in [1.807, 2.05) is 0 Å². The zero-order valence-electron chi connectivity index (χ0n) is 16.3. The molecule has 1 aliphatic heterocycles. The average molecular weight is 445 g/mol. The molecule has 1 aromatic carbocycles. The number of carbonyl (C=O) groups is 2. The van der Waals surface area contributed by atoms with Gasteiger partial charge in [-0.2, -0.15) is 26.3 Å². The Hall–Kier alpha value is -3.11. The van der Waals surface area contributed by atoms with Crippen molar-refractivity contribution in [2.75, 3.05) is 18.9 Å². The Bertz CT molecular complexity index is 1000. The number of pyridine rings is 1. The summed E-state index contributed by atoms with van der Waals surface area (Å²) in [5.74, 6) is -3.28. The summed E-state index contributed by atoms with van der Waals surface area (Å²) in [4.78, 5) is 30.1. The van der Waals surface area contributed by atoms with E-state index < -0.39 is 47.3 Å².